The Balaban J connectivity index is 1.77. The SMILES string of the molecule is Cc1ccc(C(c2ccnc3ccccc23)N2CCC(C(=O)O)CC2)cc1. The predicted octanol–water partition coefficient (Wildman–Crippen LogP) is 4.43. The quantitative estimate of drug-likeness (QED) is 0.748. The molecule has 1 saturated heterocycles. The van der Waals surface area contributed by atoms with Crippen molar-refractivity contribution in [2.45, 2.75) is 25.8 Å². The number of carboxylic acid groups (broad SMARTS) is 1. The number of aryl methyl sites for hydroxylation is 1. The maximum atomic E-state index is 11.4. The first kappa shape index (κ1) is 17.7. The molecule has 1 unspecified atom stereocenters. The van der Waals surface area contributed by atoms with Gasteiger partial charge in [0, 0.05) is 11.6 Å². The number of likely N-dealkylation sites (tertiary alicyclic amines) is 1. The number of rotatable bonds is 4. The lowest BCUT2D eigenvalue weighted by Gasteiger charge is -2.37. The van der Waals surface area contributed by atoms with E-state index in [1.165, 1.54) is 16.7 Å². The lowest BCUT2D eigenvalue weighted by atomic mass is 9.90. The van der Waals surface area contributed by atoms with Crippen molar-refractivity contribution in [3.05, 3.63) is 77.5 Å². The van der Waals surface area contributed by atoms with Gasteiger partial charge in [-0.25, -0.2) is 0 Å². The second-order valence-corrected chi connectivity index (χ2v) is 7.38. The highest BCUT2D eigenvalue weighted by atomic mass is 16.4. The average molecular weight is 360 g/mol. The summed E-state index contributed by atoms with van der Waals surface area (Å²) in [5.74, 6) is -0.898. The first-order chi connectivity index (χ1) is 13.1. The summed E-state index contributed by atoms with van der Waals surface area (Å²) in [6.07, 6.45) is 3.27. The Bertz CT molecular complexity index is 939. The van der Waals surface area contributed by atoms with Crippen LogP contribution in [0.25, 0.3) is 10.9 Å². The van der Waals surface area contributed by atoms with Crippen LogP contribution in [0.2, 0.25) is 0 Å². The van der Waals surface area contributed by atoms with Crippen molar-refractivity contribution in [3.63, 3.8) is 0 Å². The highest BCUT2D eigenvalue weighted by Crippen LogP contribution is 2.35. The summed E-state index contributed by atoms with van der Waals surface area (Å²) in [6.45, 7) is 3.66. The molecule has 4 nitrogen and oxygen atoms in total. The third kappa shape index (κ3) is 3.58. The van der Waals surface area contributed by atoms with E-state index in [0.717, 1.165) is 24.0 Å². The number of carboxylic acids is 1. The van der Waals surface area contributed by atoms with E-state index in [4.69, 9.17) is 0 Å². The minimum absolute atomic E-state index is 0.105. The van der Waals surface area contributed by atoms with E-state index in [9.17, 15) is 9.90 Å². The molecule has 1 aliphatic heterocycles. The summed E-state index contributed by atoms with van der Waals surface area (Å²) in [5.41, 5.74) is 4.71. The normalized spacial score (nSPS) is 17.1. The van der Waals surface area contributed by atoms with E-state index >= 15 is 0 Å². The fraction of sp³-hybridized carbons (Fsp3) is 0.304. The predicted molar refractivity (Wildman–Crippen MR) is 107 cm³/mol. The van der Waals surface area contributed by atoms with Gasteiger partial charge in [0.25, 0.3) is 0 Å². The van der Waals surface area contributed by atoms with Crippen LogP contribution in [0.5, 0.6) is 0 Å². The minimum Gasteiger partial charge on any atom is -0.481 e. The fourth-order valence-corrected chi connectivity index (χ4v) is 4.10. The van der Waals surface area contributed by atoms with Gasteiger partial charge in [-0.3, -0.25) is 14.7 Å². The van der Waals surface area contributed by atoms with Crippen molar-refractivity contribution in [1.82, 2.24) is 9.88 Å². The van der Waals surface area contributed by atoms with Crippen molar-refractivity contribution in [2.75, 3.05) is 13.1 Å². The topological polar surface area (TPSA) is 53.4 Å². The van der Waals surface area contributed by atoms with E-state index < -0.39 is 5.97 Å². The van der Waals surface area contributed by atoms with Gasteiger partial charge in [-0.05, 0) is 56.1 Å². The van der Waals surface area contributed by atoms with E-state index in [0.29, 0.717) is 12.8 Å². The van der Waals surface area contributed by atoms with Crippen LogP contribution in [0.1, 0.15) is 35.6 Å². The second kappa shape index (κ2) is 7.49. The van der Waals surface area contributed by atoms with Crippen molar-refractivity contribution >= 4 is 16.9 Å². The molecule has 1 atom stereocenters. The zero-order valence-electron chi connectivity index (χ0n) is 15.5. The smallest absolute Gasteiger partial charge is 0.306 e. The molecule has 2 aromatic carbocycles. The molecule has 0 bridgehead atoms. The standard InChI is InChI=1S/C23H24N2O2/c1-16-6-8-17(9-7-16)22(25-14-11-18(12-15-25)23(26)27)20-10-13-24-21-5-3-2-4-19(20)21/h2-10,13,18,22H,11-12,14-15H2,1H3,(H,26,27). The van der Waals surface area contributed by atoms with Crippen LogP contribution in [0, 0.1) is 12.8 Å². The molecule has 0 aliphatic carbocycles. The zero-order chi connectivity index (χ0) is 18.8. The molecule has 0 radical (unpaired) electrons. The van der Waals surface area contributed by atoms with Crippen LogP contribution in [0.3, 0.4) is 0 Å². The van der Waals surface area contributed by atoms with Gasteiger partial charge in [-0.2, -0.15) is 0 Å². The molecule has 4 heteroatoms. The number of aromatic nitrogens is 1. The van der Waals surface area contributed by atoms with Gasteiger partial charge in [0.05, 0.1) is 17.5 Å². The van der Waals surface area contributed by atoms with Crippen molar-refractivity contribution < 1.29 is 9.90 Å². The lowest BCUT2D eigenvalue weighted by molar-refractivity contribution is -0.143. The summed E-state index contributed by atoms with van der Waals surface area (Å²) < 4.78 is 0. The summed E-state index contributed by atoms with van der Waals surface area (Å²) >= 11 is 0. The van der Waals surface area contributed by atoms with Crippen LogP contribution in [-0.4, -0.2) is 34.0 Å². The summed E-state index contributed by atoms with van der Waals surface area (Å²) in [7, 11) is 0. The number of aliphatic carboxylic acids is 1. The number of pyridine rings is 1. The molecule has 1 aliphatic rings. The van der Waals surface area contributed by atoms with E-state index in [2.05, 4.69) is 59.3 Å². The maximum absolute atomic E-state index is 11.4. The number of hydrogen-bond acceptors (Lipinski definition) is 3. The van der Waals surface area contributed by atoms with Crippen molar-refractivity contribution in [2.24, 2.45) is 5.92 Å². The first-order valence-corrected chi connectivity index (χ1v) is 9.50. The van der Waals surface area contributed by atoms with Gasteiger partial charge in [0.1, 0.15) is 0 Å². The Morgan fingerprint density at radius 1 is 1.07 bits per heavy atom. The van der Waals surface area contributed by atoms with Crippen molar-refractivity contribution in [3.8, 4) is 0 Å². The highest BCUT2D eigenvalue weighted by molar-refractivity contribution is 5.82. The molecule has 0 spiro atoms. The molecule has 138 valence electrons. The molecule has 2 heterocycles. The molecule has 4 rings (SSSR count). The van der Waals surface area contributed by atoms with Crippen LogP contribution >= 0.6 is 0 Å². The van der Waals surface area contributed by atoms with Gasteiger partial charge in [0.15, 0.2) is 0 Å². The third-order valence-corrected chi connectivity index (χ3v) is 5.61. The first-order valence-electron chi connectivity index (χ1n) is 9.50. The monoisotopic (exact) mass is 360 g/mol. The van der Waals surface area contributed by atoms with Crippen LogP contribution < -0.4 is 0 Å². The Morgan fingerprint density at radius 3 is 2.48 bits per heavy atom. The summed E-state index contributed by atoms with van der Waals surface area (Å²) in [6, 6.07) is 19.1. The number of carbonyl (C=O) groups is 1. The van der Waals surface area contributed by atoms with Gasteiger partial charge in [-0.15, -0.1) is 0 Å². The summed E-state index contributed by atoms with van der Waals surface area (Å²) in [5, 5.41) is 10.5. The molecule has 0 saturated carbocycles. The Hall–Kier alpha value is -2.72. The van der Waals surface area contributed by atoms with Gasteiger partial charge < -0.3 is 5.11 Å². The molecule has 0 amide bonds. The minimum atomic E-state index is -0.670. The van der Waals surface area contributed by atoms with Crippen LogP contribution in [-0.2, 0) is 4.79 Å². The highest BCUT2D eigenvalue weighted by Gasteiger charge is 2.30. The Kier molecular flexibility index (Phi) is 4.90. The van der Waals surface area contributed by atoms with Gasteiger partial charge >= 0.3 is 5.97 Å². The van der Waals surface area contributed by atoms with E-state index in [-0.39, 0.29) is 12.0 Å². The largest absolute Gasteiger partial charge is 0.481 e. The van der Waals surface area contributed by atoms with E-state index in [1.54, 1.807) is 0 Å². The number of hydrogen-bond donors (Lipinski definition) is 1. The molecule has 1 aromatic heterocycles. The Morgan fingerprint density at radius 2 is 1.78 bits per heavy atom. The number of piperidine rings is 1. The lowest BCUT2D eigenvalue weighted by Crippen LogP contribution is -2.39. The molecule has 3 aromatic rings. The average Bonchev–Trinajstić information content (AvgIpc) is 2.70. The zero-order valence-corrected chi connectivity index (χ0v) is 15.5. The van der Waals surface area contributed by atoms with Crippen molar-refractivity contribution in [1.29, 1.82) is 0 Å². The van der Waals surface area contributed by atoms with Crippen LogP contribution in [0.15, 0.2) is 60.8 Å². The third-order valence-electron chi connectivity index (χ3n) is 5.61. The number of para-hydroxylation sites is 1. The molecule has 27 heavy (non-hydrogen) atoms. The number of nitrogens with zero attached hydrogens (tertiary/aromatic N) is 2. The molecular formula is C23H24N2O2. The summed E-state index contributed by atoms with van der Waals surface area (Å²) in [4.78, 5) is 18.3. The van der Waals surface area contributed by atoms with Crippen LogP contribution in [0.4, 0.5) is 0 Å². The van der Waals surface area contributed by atoms with E-state index in [1.807, 2.05) is 18.3 Å². The number of fused-ring (bicyclic) bond motifs is 1. The number of benzene rings is 2. The Labute approximate surface area is 159 Å². The van der Waals surface area contributed by atoms with Gasteiger partial charge in [0.2, 0.25) is 0 Å². The molecule has 1 fully saturated rings. The fourth-order valence-electron chi connectivity index (χ4n) is 4.10. The molecule has 1 N–H and O–H groups in total. The maximum Gasteiger partial charge on any atom is 0.306 e. The second-order valence-electron chi connectivity index (χ2n) is 7.38. The van der Waals surface area contributed by atoms with Gasteiger partial charge in [-0.1, -0.05) is 48.0 Å². The molecular weight excluding hydrogens is 336 g/mol.